The summed E-state index contributed by atoms with van der Waals surface area (Å²) in [6, 6.07) is -0.532. The highest BCUT2D eigenvalue weighted by molar-refractivity contribution is 6.34. The summed E-state index contributed by atoms with van der Waals surface area (Å²) in [6.45, 7) is 0. The Morgan fingerprint density at radius 1 is 1.50 bits per heavy atom. The molecule has 3 amide bonds. The van der Waals surface area contributed by atoms with Crippen LogP contribution in [0, 0.1) is 0 Å². The Balaban J connectivity index is 2.64. The second-order valence-electron chi connectivity index (χ2n) is 1.33. The summed E-state index contributed by atoms with van der Waals surface area (Å²) in [6.07, 6.45) is 0. The highest BCUT2D eigenvalue weighted by atomic mass is 35.5. The van der Waals surface area contributed by atoms with E-state index in [1.807, 2.05) is 5.32 Å². The van der Waals surface area contributed by atoms with Gasteiger partial charge >= 0.3 is 6.03 Å². The molecular weight excluding hydrogens is 131 g/mol. The van der Waals surface area contributed by atoms with E-state index < -0.39 is 17.4 Å². The Morgan fingerprint density at radius 3 is 2.25 bits per heavy atom. The van der Waals surface area contributed by atoms with Crippen LogP contribution in [0.15, 0.2) is 0 Å². The number of carbonyl (C=O) groups is 2. The van der Waals surface area contributed by atoms with Gasteiger partial charge in [-0.3, -0.25) is 10.1 Å². The van der Waals surface area contributed by atoms with E-state index in [1.54, 1.807) is 0 Å². The number of imide groups is 1. The Bertz CT molecular complexity index is 146. The normalized spacial score (nSPS) is 27.4. The molecule has 0 aromatic heterocycles. The van der Waals surface area contributed by atoms with Gasteiger partial charge in [-0.25, -0.2) is 4.79 Å². The summed E-state index contributed by atoms with van der Waals surface area (Å²) in [5.41, 5.74) is -0.887. The first-order chi connectivity index (χ1) is 3.70. The summed E-state index contributed by atoms with van der Waals surface area (Å²) in [4.78, 5) is 20.4. The van der Waals surface area contributed by atoms with E-state index in [0.29, 0.717) is 0 Å². The van der Waals surface area contributed by atoms with Crippen molar-refractivity contribution in [3.05, 3.63) is 0 Å². The van der Waals surface area contributed by atoms with Gasteiger partial charge in [-0.1, -0.05) is 11.6 Å². The van der Waals surface area contributed by atoms with Crippen molar-refractivity contribution in [3.63, 3.8) is 0 Å². The number of halogens is 1. The summed E-state index contributed by atoms with van der Waals surface area (Å²) in [7, 11) is 0. The average Bonchev–Trinajstić information content (AvgIpc) is 1.85. The quantitative estimate of drug-likeness (QED) is 0.264. The van der Waals surface area contributed by atoms with Gasteiger partial charge < -0.3 is 5.32 Å². The first-order valence-corrected chi connectivity index (χ1v) is 2.39. The number of hydrogen-bond donors (Lipinski definition) is 2. The number of amides is 3. The van der Waals surface area contributed by atoms with E-state index in [4.69, 9.17) is 11.6 Å². The van der Waals surface area contributed by atoms with Crippen LogP contribution in [0.25, 0.3) is 0 Å². The van der Waals surface area contributed by atoms with E-state index in [1.165, 1.54) is 0 Å². The van der Waals surface area contributed by atoms with Crippen LogP contribution < -0.4 is 10.6 Å². The molecule has 1 rings (SSSR count). The van der Waals surface area contributed by atoms with Crippen LogP contribution >= 0.6 is 11.6 Å². The number of urea groups is 1. The molecule has 4 nitrogen and oxygen atoms in total. The maximum absolute atomic E-state index is 10.3. The highest BCUT2D eigenvalue weighted by Gasteiger charge is 2.26. The fourth-order valence-electron chi connectivity index (χ4n) is 0.392. The molecule has 1 atom stereocenters. The van der Waals surface area contributed by atoms with Gasteiger partial charge in [0.15, 0.2) is 5.50 Å². The molecule has 1 aliphatic rings. The van der Waals surface area contributed by atoms with Crippen LogP contribution in [-0.4, -0.2) is 17.4 Å². The van der Waals surface area contributed by atoms with Crippen LogP contribution in [0.1, 0.15) is 0 Å². The fraction of sp³-hybridized carbons (Fsp3) is 0.333. The van der Waals surface area contributed by atoms with Crippen LogP contribution in [-0.2, 0) is 4.79 Å². The third kappa shape index (κ3) is 0.742. The second kappa shape index (κ2) is 1.63. The Morgan fingerprint density at radius 2 is 2.12 bits per heavy atom. The first kappa shape index (κ1) is 5.37. The number of carbonyl (C=O) groups excluding carboxylic acids is 2. The SMILES string of the molecule is O=C1NC(=O)C(Cl)N1. The standard InChI is InChI=1S/C3H3ClN2O2/c4-1-2(7)6-3(8)5-1/h1H,(H2,5,6,7,8). The minimum absolute atomic E-state index is 0.489. The lowest BCUT2D eigenvalue weighted by atomic mass is 10.6. The zero-order valence-electron chi connectivity index (χ0n) is 3.77. The van der Waals surface area contributed by atoms with Gasteiger partial charge in [0.25, 0.3) is 5.91 Å². The minimum atomic E-state index is -0.887. The van der Waals surface area contributed by atoms with Gasteiger partial charge in [-0.2, -0.15) is 0 Å². The van der Waals surface area contributed by atoms with Crippen LogP contribution in [0.2, 0.25) is 0 Å². The summed E-state index contributed by atoms with van der Waals surface area (Å²) in [5, 5.41) is 4.08. The number of hydrogen-bond acceptors (Lipinski definition) is 2. The molecule has 0 aromatic carbocycles. The molecule has 0 aliphatic carbocycles. The molecule has 0 aromatic rings. The Labute approximate surface area is 50.2 Å². The maximum atomic E-state index is 10.3. The number of nitrogens with one attached hydrogen (secondary N) is 2. The van der Waals surface area contributed by atoms with E-state index in [0.717, 1.165) is 0 Å². The molecule has 1 aliphatic heterocycles. The van der Waals surface area contributed by atoms with Crippen molar-refractivity contribution in [1.82, 2.24) is 10.6 Å². The smallest absolute Gasteiger partial charge is 0.313 e. The molecular formula is C3H3ClN2O2. The first-order valence-electron chi connectivity index (χ1n) is 1.95. The molecule has 1 heterocycles. The monoisotopic (exact) mass is 134 g/mol. The summed E-state index contributed by atoms with van der Waals surface area (Å²) in [5.74, 6) is -0.489. The Hall–Kier alpha value is -0.770. The van der Waals surface area contributed by atoms with Gasteiger partial charge in [-0.15, -0.1) is 0 Å². The van der Waals surface area contributed by atoms with Gasteiger partial charge in [0.1, 0.15) is 0 Å². The second-order valence-corrected chi connectivity index (χ2v) is 1.76. The summed E-state index contributed by atoms with van der Waals surface area (Å²) < 4.78 is 0. The zero-order chi connectivity index (χ0) is 6.15. The largest absolute Gasteiger partial charge is 0.323 e. The fourth-order valence-corrected chi connectivity index (χ4v) is 0.546. The van der Waals surface area contributed by atoms with Crippen molar-refractivity contribution in [2.45, 2.75) is 5.50 Å². The van der Waals surface area contributed by atoms with Crippen molar-refractivity contribution in [2.24, 2.45) is 0 Å². The number of rotatable bonds is 0. The van der Waals surface area contributed by atoms with Gasteiger partial charge in [0.2, 0.25) is 0 Å². The molecule has 1 unspecified atom stereocenters. The third-order valence-corrected chi connectivity index (χ3v) is 1.03. The third-order valence-electron chi connectivity index (χ3n) is 0.725. The molecule has 8 heavy (non-hydrogen) atoms. The molecule has 2 N–H and O–H groups in total. The predicted octanol–water partition coefficient (Wildman–Crippen LogP) is -0.609. The summed E-state index contributed by atoms with van der Waals surface area (Å²) >= 11 is 5.21. The molecule has 0 bridgehead atoms. The van der Waals surface area contributed by atoms with Crippen molar-refractivity contribution in [3.8, 4) is 0 Å². The van der Waals surface area contributed by atoms with Crippen LogP contribution in [0.5, 0.6) is 0 Å². The van der Waals surface area contributed by atoms with Gasteiger partial charge in [0.05, 0.1) is 0 Å². The molecule has 44 valence electrons. The van der Waals surface area contributed by atoms with Crippen LogP contribution in [0.3, 0.4) is 0 Å². The van der Waals surface area contributed by atoms with E-state index in [2.05, 4.69) is 5.32 Å². The lowest BCUT2D eigenvalue weighted by Gasteiger charge is -1.88. The van der Waals surface area contributed by atoms with Crippen molar-refractivity contribution < 1.29 is 9.59 Å². The van der Waals surface area contributed by atoms with E-state index >= 15 is 0 Å². The van der Waals surface area contributed by atoms with E-state index in [9.17, 15) is 9.59 Å². The predicted molar refractivity (Wildman–Crippen MR) is 26.3 cm³/mol. The molecule has 0 saturated carbocycles. The highest BCUT2D eigenvalue weighted by Crippen LogP contribution is 1.95. The zero-order valence-corrected chi connectivity index (χ0v) is 4.53. The Kier molecular flexibility index (Phi) is 1.09. The minimum Gasteiger partial charge on any atom is -0.313 e. The lowest BCUT2D eigenvalue weighted by Crippen LogP contribution is -2.22. The maximum Gasteiger partial charge on any atom is 0.323 e. The van der Waals surface area contributed by atoms with Crippen LogP contribution in [0.4, 0.5) is 4.79 Å². The molecule has 0 spiro atoms. The lowest BCUT2D eigenvalue weighted by molar-refractivity contribution is -0.118. The van der Waals surface area contributed by atoms with Crippen molar-refractivity contribution in [2.75, 3.05) is 0 Å². The molecule has 0 radical (unpaired) electrons. The van der Waals surface area contributed by atoms with Crippen molar-refractivity contribution in [1.29, 1.82) is 0 Å². The van der Waals surface area contributed by atoms with Gasteiger partial charge in [0, 0.05) is 0 Å². The number of alkyl halides is 1. The van der Waals surface area contributed by atoms with E-state index in [-0.39, 0.29) is 0 Å². The average molecular weight is 135 g/mol. The molecule has 5 heteroatoms. The molecule has 1 fully saturated rings. The topological polar surface area (TPSA) is 58.2 Å². The molecule has 1 saturated heterocycles. The van der Waals surface area contributed by atoms with Crippen molar-refractivity contribution >= 4 is 23.5 Å². The van der Waals surface area contributed by atoms with Gasteiger partial charge in [-0.05, 0) is 0 Å².